The highest BCUT2D eigenvalue weighted by atomic mass is 16.5. The molecule has 162 valence electrons. The van der Waals surface area contributed by atoms with Crippen molar-refractivity contribution in [1.82, 2.24) is 14.9 Å². The fraction of sp³-hybridized carbons (Fsp3) is 0.238. The zero-order valence-corrected chi connectivity index (χ0v) is 16.9. The molecule has 0 radical (unpaired) electrons. The van der Waals surface area contributed by atoms with Gasteiger partial charge in [-0.15, -0.1) is 0 Å². The molecule has 0 fully saturated rings. The Kier molecular flexibility index (Phi) is 6.39. The van der Waals surface area contributed by atoms with Crippen LogP contribution in [-0.4, -0.2) is 40.8 Å². The molecule has 3 rings (SSSR count). The van der Waals surface area contributed by atoms with Crippen molar-refractivity contribution in [3.8, 4) is 11.5 Å². The van der Waals surface area contributed by atoms with Gasteiger partial charge in [-0.05, 0) is 29.8 Å². The van der Waals surface area contributed by atoms with E-state index in [0.717, 1.165) is 4.57 Å². The van der Waals surface area contributed by atoms with Crippen molar-refractivity contribution in [3.05, 3.63) is 68.9 Å². The Bertz CT molecular complexity index is 1250. The molecule has 3 aromatic rings. The Hall–Kier alpha value is -4.08. The summed E-state index contributed by atoms with van der Waals surface area (Å²) >= 11 is 0. The molecule has 0 saturated carbocycles. The summed E-state index contributed by atoms with van der Waals surface area (Å²) < 4.78 is 11.2. The van der Waals surface area contributed by atoms with E-state index in [0.29, 0.717) is 22.6 Å². The van der Waals surface area contributed by atoms with Crippen molar-refractivity contribution in [2.45, 2.75) is 19.0 Å². The number of rotatable bonds is 8. The van der Waals surface area contributed by atoms with Crippen LogP contribution < -0.4 is 26.0 Å². The zero-order chi connectivity index (χ0) is 22.5. The number of benzene rings is 2. The van der Waals surface area contributed by atoms with Gasteiger partial charge in [-0.2, -0.15) is 0 Å². The minimum Gasteiger partial charge on any atom is -0.493 e. The molecule has 0 saturated heterocycles. The van der Waals surface area contributed by atoms with Gasteiger partial charge in [-0.1, -0.05) is 18.2 Å². The van der Waals surface area contributed by atoms with Gasteiger partial charge in [-0.3, -0.25) is 19.0 Å². The second-order valence-electron chi connectivity index (χ2n) is 6.70. The van der Waals surface area contributed by atoms with E-state index in [4.69, 9.17) is 9.47 Å². The topological polar surface area (TPSA) is 140 Å². The number of ether oxygens (including phenoxy) is 2. The van der Waals surface area contributed by atoms with Gasteiger partial charge in [0.05, 0.1) is 37.6 Å². The largest absolute Gasteiger partial charge is 0.493 e. The lowest BCUT2D eigenvalue weighted by Gasteiger charge is -2.19. The average molecular weight is 427 g/mol. The van der Waals surface area contributed by atoms with Crippen molar-refractivity contribution in [2.75, 3.05) is 14.2 Å². The molecule has 10 nitrogen and oxygen atoms in total. The van der Waals surface area contributed by atoms with E-state index in [1.165, 1.54) is 14.2 Å². The van der Waals surface area contributed by atoms with Crippen LogP contribution in [0.5, 0.6) is 11.5 Å². The van der Waals surface area contributed by atoms with Crippen molar-refractivity contribution >= 4 is 22.8 Å². The second-order valence-corrected chi connectivity index (χ2v) is 6.70. The monoisotopic (exact) mass is 427 g/mol. The molecule has 3 N–H and O–H groups in total. The molecule has 1 heterocycles. The van der Waals surface area contributed by atoms with Gasteiger partial charge in [-0.25, -0.2) is 4.79 Å². The van der Waals surface area contributed by atoms with E-state index in [1.807, 2.05) is 0 Å². The number of carboxylic acid groups (broad SMARTS) is 1. The number of aliphatic carboxylic acids is 1. The Morgan fingerprint density at radius 1 is 1.10 bits per heavy atom. The van der Waals surface area contributed by atoms with E-state index in [2.05, 4.69) is 10.3 Å². The molecule has 31 heavy (non-hydrogen) atoms. The molecule has 1 atom stereocenters. The van der Waals surface area contributed by atoms with Crippen LogP contribution in [0, 0.1) is 0 Å². The number of hydrogen-bond acceptors (Lipinski definition) is 6. The quantitative estimate of drug-likeness (QED) is 0.488. The van der Waals surface area contributed by atoms with Crippen molar-refractivity contribution in [2.24, 2.45) is 0 Å². The third kappa shape index (κ3) is 4.74. The maximum Gasteiger partial charge on any atom is 0.329 e. The van der Waals surface area contributed by atoms with Gasteiger partial charge in [0.15, 0.2) is 11.5 Å². The van der Waals surface area contributed by atoms with Crippen LogP contribution in [0.4, 0.5) is 0 Å². The summed E-state index contributed by atoms with van der Waals surface area (Å²) in [5.41, 5.74) is -0.522. The molecule has 1 amide bonds. The van der Waals surface area contributed by atoms with Crippen molar-refractivity contribution in [1.29, 1.82) is 0 Å². The highest BCUT2D eigenvalue weighted by molar-refractivity contribution is 5.79. The smallest absolute Gasteiger partial charge is 0.329 e. The van der Waals surface area contributed by atoms with Crippen molar-refractivity contribution in [3.63, 3.8) is 0 Å². The number of fused-ring (bicyclic) bond motifs is 1. The number of amides is 1. The van der Waals surface area contributed by atoms with Gasteiger partial charge in [0, 0.05) is 0 Å². The van der Waals surface area contributed by atoms with Gasteiger partial charge in [0.1, 0.15) is 6.54 Å². The predicted octanol–water partition coefficient (Wildman–Crippen LogP) is 1.04. The lowest BCUT2D eigenvalue weighted by atomic mass is 10.0. The van der Waals surface area contributed by atoms with Crippen LogP contribution in [-0.2, 0) is 16.1 Å². The zero-order valence-electron chi connectivity index (χ0n) is 16.9. The number of aromatic amines is 1. The fourth-order valence-corrected chi connectivity index (χ4v) is 3.22. The van der Waals surface area contributed by atoms with Gasteiger partial charge in [0.2, 0.25) is 5.91 Å². The lowest BCUT2D eigenvalue weighted by molar-refractivity contribution is -0.137. The van der Waals surface area contributed by atoms with Crippen LogP contribution in [0.25, 0.3) is 10.9 Å². The first kappa shape index (κ1) is 21.6. The third-order valence-electron chi connectivity index (χ3n) is 4.72. The molecule has 0 aliphatic heterocycles. The molecule has 2 aromatic carbocycles. The molecule has 0 aliphatic carbocycles. The molecule has 1 aromatic heterocycles. The number of para-hydroxylation sites is 1. The first-order chi connectivity index (χ1) is 14.8. The Morgan fingerprint density at radius 3 is 2.48 bits per heavy atom. The van der Waals surface area contributed by atoms with E-state index in [9.17, 15) is 24.3 Å². The maximum absolute atomic E-state index is 12.6. The normalized spacial score (nSPS) is 11.7. The summed E-state index contributed by atoms with van der Waals surface area (Å²) in [4.78, 5) is 51.4. The molecule has 10 heteroatoms. The number of H-pyrrole nitrogens is 1. The predicted molar refractivity (Wildman–Crippen MR) is 112 cm³/mol. The SMILES string of the molecule is COc1ccc([C@H](CC(=O)O)NC(=O)Cn2c(=O)[nH]c3ccccc3c2=O)cc1OC. The third-order valence-corrected chi connectivity index (χ3v) is 4.72. The average Bonchev–Trinajstić information content (AvgIpc) is 2.75. The minimum absolute atomic E-state index is 0.261. The number of methoxy groups -OCH3 is 2. The van der Waals surface area contributed by atoms with Gasteiger partial charge >= 0.3 is 11.7 Å². The Balaban J connectivity index is 1.89. The van der Waals surface area contributed by atoms with Crippen LogP contribution in [0.15, 0.2) is 52.1 Å². The first-order valence-corrected chi connectivity index (χ1v) is 9.29. The van der Waals surface area contributed by atoms with Crippen LogP contribution in [0.1, 0.15) is 18.0 Å². The molecular formula is C21H21N3O7. The molecule has 0 bridgehead atoms. The Labute approximate surface area is 176 Å². The number of hydrogen-bond donors (Lipinski definition) is 3. The molecular weight excluding hydrogens is 406 g/mol. The lowest BCUT2D eigenvalue weighted by Crippen LogP contribution is -2.41. The summed E-state index contributed by atoms with van der Waals surface area (Å²) in [7, 11) is 2.90. The number of aromatic nitrogens is 2. The fourth-order valence-electron chi connectivity index (χ4n) is 3.22. The van der Waals surface area contributed by atoms with Gasteiger partial charge in [0.25, 0.3) is 5.56 Å². The summed E-state index contributed by atoms with van der Waals surface area (Å²) in [6, 6.07) is 10.3. The first-order valence-electron chi connectivity index (χ1n) is 9.29. The van der Waals surface area contributed by atoms with E-state index >= 15 is 0 Å². The summed E-state index contributed by atoms with van der Waals surface area (Å²) in [5, 5.41) is 12.1. The van der Waals surface area contributed by atoms with Crippen molar-refractivity contribution < 1.29 is 24.2 Å². The number of nitrogens with zero attached hydrogens (tertiary/aromatic N) is 1. The van der Waals surface area contributed by atoms with Crippen LogP contribution >= 0.6 is 0 Å². The Morgan fingerprint density at radius 2 is 1.81 bits per heavy atom. The molecule has 0 unspecified atom stereocenters. The number of nitrogens with one attached hydrogen (secondary N) is 2. The number of carbonyl (C=O) groups is 2. The number of carbonyl (C=O) groups excluding carboxylic acids is 1. The number of carboxylic acids is 1. The minimum atomic E-state index is -1.14. The second kappa shape index (κ2) is 9.16. The maximum atomic E-state index is 12.6. The van der Waals surface area contributed by atoms with Gasteiger partial charge < -0.3 is 24.9 Å². The van der Waals surface area contributed by atoms with E-state index < -0.39 is 42.1 Å². The summed E-state index contributed by atoms with van der Waals surface area (Å²) in [6.07, 6.45) is -0.413. The summed E-state index contributed by atoms with van der Waals surface area (Å²) in [5.74, 6) is -1.02. The standard InChI is InChI=1S/C21H21N3O7/c1-30-16-8-7-12(9-17(16)31-2)15(10-19(26)27)22-18(25)11-24-20(28)13-5-3-4-6-14(13)23-21(24)29/h3-9,15H,10-11H2,1-2H3,(H,22,25)(H,23,29)(H,26,27)/t15-/m0/s1. The summed E-state index contributed by atoms with van der Waals surface area (Å²) in [6.45, 7) is -0.567. The molecule has 0 aliphatic rings. The molecule has 0 spiro atoms. The highest BCUT2D eigenvalue weighted by Gasteiger charge is 2.21. The van der Waals surface area contributed by atoms with Crippen LogP contribution in [0.3, 0.4) is 0 Å². The van der Waals surface area contributed by atoms with E-state index in [-0.39, 0.29) is 5.39 Å². The highest BCUT2D eigenvalue weighted by Crippen LogP contribution is 2.31. The van der Waals surface area contributed by atoms with Crippen LogP contribution in [0.2, 0.25) is 0 Å². The van der Waals surface area contributed by atoms with E-state index in [1.54, 1.807) is 42.5 Å².